The zero-order valence-corrected chi connectivity index (χ0v) is 17.0. The number of hydrogen-bond donors (Lipinski definition) is 3. The Kier molecular flexibility index (Phi) is 4.73. The summed E-state index contributed by atoms with van der Waals surface area (Å²) in [5.41, 5.74) is 0.294. The second kappa shape index (κ2) is 7.13. The first-order chi connectivity index (χ1) is 14.2. The fourth-order valence-electron chi connectivity index (χ4n) is 3.56. The van der Waals surface area contributed by atoms with E-state index < -0.39 is 27.5 Å². The Morgan fingerprint density at radius 1 is 1.00 bits per heavy atom. The number of sulfonamides is 1. The Bertz CT molecular complexity index is 1130. The van der Waals surface area contributed by atoms with Crippen LogP contribution in [0.15, 0.2) is 53.4 Å². The lowest BCUT2D eigenvalue weighted by atomic mass is 9.92. The molecule has 9 nitrogen and oxygen atoms in total. The van der Waals surface area contributed by atoms with E-state index in [-0.39, 0.29) is 10.8 Å². The standard InChI is InChI=1S/C20H20N4O5S/c1-20(18(26)21-19(27)22-20)13-4-6-14(7-5-13)23-30(28,29)16-10-8-15(9-11-16)24-12-2-3-17(24)25/h4-11,23H,2-3,12H2,1H3,(H2,21,22,26,27)/t20-/m1/s1. The van der Waals surface area contributed by atoms with Gasteiger partial charge in [0.2, 0.25) is 5.91 Å². The topological polar surface area (TPSA) is 125 Å². The van der Waals surface area contributed by atoms with E-state index in [0.717, 1.165) is 6.42 Å². The van der Waals surface area contributed by atoms with E-state index in [0.29, 0.717) is 29.9 Å². The third kappa shape index (κ3) is 3.50. The fourth-order valence-corrected chi connectivity index (χ4v) is 4.62. The molecule has 0 unspecified atom stereocenters. The molecule has 30 heavy (non-hydrogen) atoms. The van der Waals surface area contributed by atoms with Crippen molar-refractivity contribution in [2.75, 3.05) is 16.2 Å². The lowest BCUT2D eigenvalue weighted by Gasteiger charge is -2.21. The molecule has 0 spiro atoms. The molecule has 4 amide bonds. The van der Waals surface area contributed by atoms with Gasteiger partial charge in [-0.25, -0.2) is 13.2 Å². The highest BCUT2D eigenvalue weighted by molar-refractivity contribution is 7.92. The molecule has 0 radical (unpaired) electrons. The largest absolute Gasteiger partial charge is 0.322 e. The minimum atomic E-state index is -3.84. The van der Waals surface area contributed by atoms with E-state index >= 15 is 0 Å². The first-order valence-corrected chi connectivity index (χ1v) is 10.8. The van der Waals surface area contributed by atoms with Crippen LogP contribution in [0.5, 0.6) is 0 Å². The van der Waals surface area contributed by atoms with Crippen molar-refractivity contribution in [3.63, 3.8) is 0 Å². The summed E-state index contributed by atoms with van der Waals surface area (Å²) < 4.78 is 27.9. The predicted molar refractivity (Wildman–Crippen MR) is 109 cm³/mol. The van der Waals surface area contributed by atoms with Crippen LogP contribution in [0, 0.1) is 0 Å². The number of carbonyl (C=O) groups is 3. The van der Waals surface area contributed by atoms with Crippen molar-refractivity contribution in [3.8, 4) is 0 Å². The summed E-state index contributed by atoms with van der Waals surface area (Å²) in [6, 6.07) is 11.8. The lowest BCUT2D eigenvalue weighted by Crippen LogP contribution is -2.40. The number of imide groups is 1. The average Bonchev–Trinajstić information content (AvgIpc) is 3.24. The van der Waals surface area contributed by atoms with E-state index in [1.165, 1.54) is 24.3 Å². The first-order valence-electron chi connectivity index (χ1n) is 9.36. The van der Waals surface area contributed by atoms with Gasteiger partial charge in [0.05, 0.1) is 4.90 Å². The SMILES string of the molecule is C[C@]1(c2ccc(NS(=O)(=O)c3ccc(N4CCCC4=O)cc3)cc2)NC(=O)NC1=O. The maximum absolute atomic E-state index is 12.7. The Morgan fingerprint density at radius 3 is 2.20 bits per heavy atom. The average molecular weight is 428 g/mol. The van der Waals surface area contributed by atoms with Crippen LogP contribution in [-0.2, 0) is 25.2 Å². The maximum Gasteiger partial charge on any atom is 0.322 e. The second-order valence-corrected chi connectivity index (χ2v) is 9.04. The Balaban J connectivity index is 1.50. The van der Waals surface area contributed by atoms with Gasteiger partial charge in [0.1, 0.15) is 5.54 Å². The van der Waals surface area contributed by atoms with Gasteiger partial charge in [-0.3, -0.25) is 19.6 Å². The number of carbonyl (C=O) groups excluding carboxylic acids is 3. The van der Waals surface area contributed by atoms with Crippen LogP contribution in [-0.4, -0.2) is 32.8 Å². The van der Waals surface area contributed by atoms with Crippen molar-refractivity contribution < 1.29 is 22.8 Å². The predicted octanol–water partition coefficient (Wildman–Crippen LogP) is 1.67. The number of rotatable bonds is 5. The quantitative estimate of drug-likeness (QED) is 0.625. The molecule has 156 valence electrons. The normalized spacial score (nSPS) is 21.5. The van der Waals surface area contributed by atoms with Crippen LogP contribution in [0.1, 0.15) is 25.3 Å². The Morgan fingerprint density at radius 2 is 1.67 bits per heavy atom. The highest BCUT2D eigenvalue weighted by Crippen LogP contribution is 2.27. The molecule has 2 aromatic carbocycles. The van der Waals surface area contributed by atoms with Gasteiger partial charge < -0.3 is 10.2 Å². The van der Waals surface area contributed by atoms with Gasteiger partial charge in [-0.05, 0) is 55.3 Å². The molecule has 4 rings (SSSR count). The molecule has 10 heteroatoms. The zero-order valence-electron chi connectivity index (χ0n) is 16.1. The van der Waals surface area contributed by atoms with Crippen LogP contribution in [0.25, 0.3) is 0 Å². The Hall–Kier alpha value is -3.40. The van der Waals surface area contributed by atoms with Crippen molar-refractivity contribution in [3.05, 3.63) is 54.1 Å². The van der Waals surface area contributed by atoms with Crippen molar-refractivity contribution in [1.29, 1.82) is 0 Å². The second-order valence-electron chi connectivity index (χ2n) is 7.36. The number of benzene rings is 2. The first kappa shape index (κ1) is 19.9. The lowest BCUT2D eigenvalue weighted by molar-refractivity contribution is -0.123. The fraction of sp³-hybridized carbons (Fsp3) is 0.250. The summed E-state index contributed by atoms with van der Waals surface area (Å²) in [6.07, 6.45) is 1.29. The van der Waals surface area contributed by atoms with Gasteiger partial charge >= 0.3 is 6.03 Å². The Labute approximate surface area is 173 Å². The van der Waals surface area contributed by atoms with Gasteiger partial charge in [-0.2, -0.15) is 0 Å². The van der Waals surface area contributed by atoms with Gasteiger partial charge in [0.15, 0.2) is 0 Å². The van der Waals surface area contributed by atoms with Gasteiger partial charge in [-0.15, -0.1) is 0 Å². The van der Waals surface area contributed by atoms with E-state index in [9.17, 15) is 22.8 Å². The summed E-state index contributed by atoms with van der Waals surface area (Å²) in [7, 11) is -3.84. The molecule has 0 aliphatic carbocycles. The minimum absolute atomic E-state index is 0.0321. The molecule has 0 saturated carbocycles. The molecular formula is C20H20N4O5S. The number of nitrogens with one attached hydrogen (secondary N) is 3. The maximum atomic E-state index is 12.7. The van der Waals surface area contributed by atoms with Crippen molar-refractivity contribution in [2.45, 2.75) is 30.2 Å². The number of anilines is 2. The van der Waals surface area contributed by atoms with Crippen molar-refractivity contribution in [2.24, 2.45) is 0 Å². The molecular weight excluding hydrogens is 408 g/mol. The molecule has 0 aromatic heterocycles. The van der Waals surface area contributed by atoms with Crippen LogP contribution in [0.2, 0.25) is 0 Å². The molecule has 3 N–H and O–H groups in total. The minimum Gasteiger partial charge on any atom is -0.320 e. The van der Waals surface area contributed by atoms with Crippen LogP contribution in [0.3, 0.4) is 0 Å². The molecule has 2 aliphatic rings. The number of hydrogen-bond acceptors (Lipinski definition) is 5. The highest BCUT2D eigenvalue weighted by atomic mass is 32.2. The molecule has 2 saturated heterocycles. The van der Waals surface area contributed by atoms with Crippen LogP contribution in [0.4, 0.5) is 16.2 Å². The van der Waals surface area contributed by atoms with Gasteiger partial charge in [0.25, 0.3) is 15.9 Å². The number of urea groups is 1. The van der Waals surface area contributed by atoms with E-state index in [1.54, 1.807) is 36.1 Å². The third-order valence-corrected chi connectivity index (χ3v) is 6.69. The van der Waals surface area contributed by atoms with Gasteiger partial charge in [0, 0.05) is 24.3 Å². The molecule has 2 heterocycles. The zero-order chi connectivity index (χ0) is 21.5. The summed E-state index contributed by atoms with van der Waals surface area (Å²) in [5, 5.41) is 4.74. The van der Waals surface area contributed by atoms with E-state index in [4.69, 9.17) is 0 Å². The van der Waals surface area contributed by atoms with E-state index in [2.05, 4.69) is 15.4 Å². The van der Waals surface area contributed by atoms with Crippen LogP contribution >= 0.6 is 0 Å². The van der Waals surface area contributed by atoms with Gasteiger partial charge in [-0.1, -0.05) is 12.1 Å². The molecule has 2 aliphatic heterocycles. The number of amides is 4. The van der Waals surface area contributed by atoms with E-state index in [1.807, 2.05) is 0 Å². The van der Waals surface area contributed by atoms with Crippen molar-refractivity contribution >= 4 is 39.2 Å². The monoisotopic (exact) mass is 428 g/mol. The molecule has 2 fully saturated rings. The highest BCUT2D eigenvalue weighted by Gasteiger charge is 2.43. The summed E-state index contributed by atoms with van der Waals surface area (Å²) in [5.74, 6) is -0.443. The number of nitrogens with zero attached hydrogens (tertiary/aromatic N) is 1. The molecule has 1 atom stereocenters. The summed E-state index contributed by atoms with van der Waals surface area (Å²) in [6.45, 7) is 2.20. The third-order valence-electron chi connectivity index (χ3n) is 5.29. The summed E-state index contributed by atoms with van der Waals surface area (Å²) in [4.78, 5) is 37.0. The summed E-state index contributed by atoms with van der Waals surface area (Å²) >= 11 is 0. The smallest absolute Gasteiger partial charge is 0.320 e. The molecule has 2 aromatic rings. The van der Waals surface area contributed by atoms with Crippen molar-refractivity contribution in [1.82, 2.24) is 10.6 Å². The molecule has 0 bridgehead atoms. The van der Waals surface area contributed by atoms with Crippen LogP contribution < -0.4 is 20.3 Å².